The summed E-state index contributed by atoms with van der Waals surface area (Å²) in [6.07, 6.45) is 8.17. The first-order chi connectivity index (χ1) is 16.8. The zero-order valence-electron chi connectivity index (χ0n) is 25.1. The molecule has 37 heavy (non-hydrogen) atoms. The Morgan fingerprint density at radius 1 is 0.784 bits per heavy atom. The maximum atomic E-state index is 8.15. The van der Waals surface area contributed by atoms with Crippen LogP contribution in [0.15, 0.2) is 25.0 Å². The van der Waals surface area contributed by atoms with Crippen molar-refractivity contribution < 1.29 is 0 Å². The molecule has 208 valence electrons. The van der Waals surface area contributed by atoms with Crippen LogP contribution in [0.1, 0.15) is 95.3 Å². The van der Waals surface area contributed by atoms with E-state index in [0.29, 0.717) is 11.8 Å². The zero-order valence-corrected chi connectivity index (χ0v) is 25.1. The van der Waals surface area contributed by atoms with Gasteiger partial charge in [0.05, 0.1) is 18.8 Å². The molecular formula is C26H49N11. The van der Waals surface area contributed by atoms with Crippen molar-refractivity contribution >= 4 is 0 Å². The van der Waals surface area contributed by atoms with Crippen molar-refractivity contribution in [3.8, 4) is 6.07 Å². The quantitative estimate of drug-likeness (QED) is 0.490. The van der Waals surface area contributed by atoms with Gasteiger partial charge in [-0.2, -0.15) is 15.2 Å². The summed E-state index contributed by atoms with van der Waals surface area (Å²) in [7, 11) is 0. The van der Waals surface area contributed by atoms with Crippen LogP contribution in [0, 0.1) is 33.0 Å². The van der Waals surface area contributed by atoms with E-state index in [1.54, 1.807) is 17.3 Å². The van der Waals surface area contributed by atoms with Crippen LogP contribution < -0.4 is 0 Å². The highest BCUT2D eigenvalue weighted by atomic mass is 15.6. The third kappa shape index (κ3) is 23.0. The Labute approximate surface area is 223 Å². The fraction of sp³-hybridized carbons (Fsp3) is 0.769. The molecule has 0 aliphatic heterocycles. The van der Waals surface area contributed by atoms with Crippen molar-refractivity contribution in [2.75, 3.05) is 0 Å². The normalized spacial score (nSPS) is 11.6. The Hall–Kier alpha value is -3.16. The second-order valence-corrected chi connectivity index (χ2v) is 13.8. The van der Waals surface area contributed by atoms with Gasteiger partial charge in [0.1, 0.15) is 12.2 Å². The van der Waals surface area contributed by atoms with Crippen LogP contribution in [0.4, 0.5) is 0 Å². The van der Waals surface area contributed by atoms with E-state index in [2.05, 4.69) is 130 Å². The minimum atomic E-state index is 0.189. The standard InChI is InChI=1S/2C7H13N3.C6H12N4.C6H11N/c1-7(2,3)4-6-8-5-9-10-6;1-7(2,3)6-10-5-4-8-9-10;1-6(2,3)4-10-8-5-7-9-10;1-6(2,3)4-5-7/h5H,4H2,1-3H3,(H,8,9,10);4-5H,6H2,1-3H3;5H,4H2,1-3H3;4H2,1-3H3. The van der Waals surface area contributed by atoms with E-state index >= 15 is 0 Å². The number of nitriles is 1. The second kappa shape index (κ2) is 15.2. The van der Waals surface area contributed by atoms with Crippen LogP contribution in [-0.4, -0.2) is 50.4 Å². The molecule has 0 bridgehead atoms. The van der Waals surface area contributed by atoms with Gasteiger partial charge in [0, 0.05) is 25.6 Å². The van der Waals surface area contributed by atoms with Crippen LogP contribution in [0.25, 0.3) is 0 Å². The lowest BCUT2D eigenvalue weighted by Crippen LogP contribution is -2.17. The van der Waals surface area contributed by atoms with Gasteiger partial charge in [0.25, 0.3) is 0 Å². The van der Waals surface area contributed by atoms with Crippen molar-refractivity contribution in [2.45, 2.75) is 109 Å². The van der Waals surface area contributed by atoms with Gasteiger partial charge in [-0.25, -0.2) is 4.98 Å². The Kier molecular flexibility index (Phi) is 13.9. The summed E-state index contributed by atoms with van der Waals surface area (Å²) in [6.45, 7) is 27.4. The van der Waals surface area contributed by atoms with Crippen LogP contribution >= 0.6 is 0 Å². The van der Waals surface area contributed by atoms with E-state index in [1.165, 1.54) is 6.33 Å². The molecule has 0 aliphatic rings. The third-order valence-corrected chi connectivity index (χ3v) is 3.89. The molecule has 3 aromatic heterocycles. The summed E-state index contributed by atoms with van der Waals surface area (Å²) >= 11 is 0. The van der Waals surface area contributed by atoms with E-state index in [-0.39, 0.29) is 16.2 Å². The Bertz CT molecular complexity index is 846. The van der Waals surface area contributed by atoms with E-state index in [4.69, 9.17) is 5.26 Å². The number of nitrogens with one attached hydrogen (secondary N) is 1. The van der Waals surface area contributed by atoms with E-state index in [1.807, 2.05) is 10.9 Å². The lowest BCUT2D eigenvalue weighted by Gasteiger charge is -2.16. The summed E-state index contributed by atoms with van der Waals surface area (Å²) in [5, 5.41) is 33.6. The fourth-order valence-electron chi connectivity index (χ4n) is 2.54. The molecule has 0 unspecified atom stereocenters. The lowest BCUT2D eigenvalue weighted by atomic mass is 9.92. The first-order valence-corrected chi connectivity index (χ1v) is 12.6. The molecule has 3 rings (SSSR count). The van der Waals surface area contributed by atoms with Crippen LogP contribution in [0.3, 0.4) is 0 Å². The smallest absolute Gasteiger partial charge is 0.162 e. The number of aromatic nitrogens is 10. The Morgan fingerprint density at radius 3 is 1.73 bits per heavy atom. The molecule has 1 N–H and O–H groups in total. The molecule has 3 heterocycles. The summed E-state index contributed by atoms with van der Waals surface area (Å²) in [6, 6.07) is 2.11. The molecular weight excluding hydrogens is 466 g/mol. The van der Waals surface area contributed by atoms with Crippen molar-refractivity contribution in [3.05, 3.63) is 30.9 Å². The molecule has 0 fully saturated rings. The molecule has 11 heteroatoms. The molecule has 0 atom stereocenters. The average molecular weight is 516 g/mol. The van der Waals surface area contributed by atoms with E-state index in [9.17, 15) is 0 Å². The number of rotatable bonds is 3. The van der Waals surface area contributed by atoms with Crippen molar-refractivity contribution in [1.29, 1.82) is 5.26 Å². The minimum absolute atomic E-state index is 0.189. The fourth-order valence-corrected chi connectivity index (χ4v) is 2.54. The second-order valence-electron chi connectivity index (χ2n) is 13.8. The molecule has 0 spiro atoms. The summed E-state index contributed by atoms with van der Waals surface area (Å²) in [5.74, 6) is 0.965. The Morgan fingerprint density at radius 2 is 1.41 bits per heavy atom. The maximum Gasteiger partial charge on any atom is 0.162 e. The highest BCUT2D eigenvalue weighted by Crippen LogP contribution is 2.18. The molecule has 0 amide bonds. The van der Waals surface area contributed by atoms with Crippen LogP contribution in [-0.2, 0) is 19.5 Å². The van der Waals surface area contributed by atoms with Gasteiger partial charge in [0.15, 0.2) is 6.33 Å². The number of nitrogens with zero attached hydrogens (tertiary/aromatic N) is 10. The number of hydrogen-bond donors (Lipinski definition) is 1. The minimum Gasteiger partial charge on any atom is -0.263 e. The molecule has 0 radical (unpaired) electrons. The van der Waals surface area contributed by atoms with Gasteiger partial charge >= 0.3 is 0 Å². The van der Waals surface area contributed by atoms with Gasteiger partial charge in [-0.15, -0.1) is 15.3 Å². The molecule has 0 saturated carbocycles. The predicted molar refractivity (Wildman–Crippen MR) is 146 cm³/mol. The first-order valence-electron chi connectivity index (χ1n) is 12.6. The van der Waals surface area contributed by atoms with Gasteiger partial charge < -0.3 is 0 Å². The highest BCUT2D eigenvalue weighted by molar-refractivity contribution is 4.85. The van der Waals surface area contributed by atoms with E-state index < -0.39 is 0 Å². The maximum absolute atomic E-state index is 8.15. The van der Waals surface area contributed by atoms with Crippen molar-refractivity contribution in [3.63, 3.8) is 0 Å². The van der Waals surface area contributed by atoms with Gasteiger partial charge in [0.2, 0.25) is 0 Å². The van der Waals surface area contributed by atoms with E-state index in [0.717, 1.165) is 25.3 Å². The molecule has 0 aliphatic carbocycles. The van der Waals surface area contributed by atoms with Gasteiger partial charge in [-0.3, -0.25) is 9.78 Å². The van der Waals surface area contributed by atoms with Gasteiger partial charge in [-0.1, -0.05) is 88.3 Å². The average Bonchev–Trinajstić information content (AvgIpc) is 3.43. The topological polar surface area (TPSA) is 140 Å². The van der Waals surface area contributed by atoms with Crippen LogP contribution in [0.5, 0.6) is 0 Å². The third-order valence-electron chi connectivity index (χ3n) is 3.89. The van der Waals surface area contributed by atoms with Gasteiger partial charge in [-0.05, 0) is 26.9 Å². The van der Waals surface area contributed by atoms with Crippen molar-refractivity contribution in [1.82, 2.24) is 50.4 Å². The summed E-state index contributed by atoms with van der Waals surface area (Å²) < 4.78 is 1.85. The number of tetrazole rings is 1. The SMILES string of the molecule is CC(C)(C)CC#N.CC(C)(C)Cc1ncn[nH]1.CC(C)(C)Cn1ccnn1.CC(C)(C)Cn1ncnn1. The highest BCUT2D eigenvalue weighted by Gasteiger charge is 2.13. The molecule has 0 saturated heterocycles. The Balaban J connectivity index is 0.000000472. The summed E-state index contributed by atoms with van der Waals surface area (Å²) in [4.78, 5) is 5.63. The number of aromatic amines is 1. The largest absolute Gasteiger partial charge is 0.263 e. The molecule has 0 aromatic carbocycles. The van der Waals surface area contributed by atoms with Crippen molar-refractivity contribution in [2.24, 2.45) is 21.7 Å². The number of H-pyrrole nitrogens is 1. The molecule has 3 aromatic rings. The zero-order chi connectivity index (χ0) is 28.8. The molecule has 11 nitrogen and oxygen atoms in total. The predicted octanol–water partition coefficient (Wildman–Crippen LogP) is 5.38. The lowest BCUT2D eigenvalue weighted by molar-refractivity contribution is 0.299. The summed E-state index contributed by atoms with van der Waals surface area (Å²) in [5.41, 5.74) is 0.989. The first kappa shape index (κ1) is 33.8. The monoisotopic (exact) mass is 515 g/mol. The number of hydrogen-bond acceptors (Lipinski definition) is 8. The van der Waals surface area contributed by atoms with Crippen LogP contribution in [0.2, 0.25) is 0 Å².